The van der Waals surface area contributed by atoms with Crippen molar-refractivity contribution >= 4 is 54.4 Å². The molecule has 13 aromatic rings. The van der Waals surface area contributed by atoms with Gasteiger partial charge in [0, 0.05) is 182 Å². The molecule has 68 heavy (non-hydrogen) atoms. The van der Waals surface area contributed by atoms with Crippen LogP contribution in [0, 0.1) is 0 Å². The molecule has 0 fully saturated rings. The van der Waals surface area contributed by atoms with Crippen molar-refractivity contribution in [1.82, 2.24) is 97.5 Å². The van der Waals surface area contributed by atoms with E-state index in [2.05, 4.69) is 126 Å². The number of aryl methyl sites for hydroxylation is 8. The van der Waals surface area contributed by atoms with E-state index >= 15 is 0 Å². The standard InChI is InChI=1S/C9H9N.2C8H8N2.2C7H7N3.C4H6N2.C3H5N3.C2H4N4/c1-10-6-8-4-2-3-5-9(8)7-10;1-10-5-7-2-3-9-4-8(7)6-10;1-10-5-7-3-2-4-9-8(7)6-10;1-10-3-6-2-8-5-9-7(6)4-10;1-10-4-6-7(5-10)9-3-2-8-6;1-6-4-2-3-5-6;1-6-3-4-2-5-6;1-6-4-2-3-5-6/h2-7H,1H3;2*2-6H,1H3;2*2-5H,1H3;2-4H,1H3;2-3H,1H3;2H,1H3. The topological polar surface area (TPSA) is 194 Å². The first-order chi connectivity index (χ1) is 33.0. The lowest BCUT2D eigenvalue weighted by atomic mass is 10.2. The lowest BCUT2D eigenvalue weighted by Crippen LogP contribution is -1.90. The fraction of sp³-hybridized carbons (Fsp3) is 0.167. The largest absolute Gasteiger partial charge is 0.356 e. The number of rotatable bonds is 0. The molecule has 0 N–H and O–H groups in total. The van der Waals surface area contributed by atoms with Crippen LogP contribution in [0.2, 0.25) is 0 Å². The summed E-state index contributed by atoms with van der Waals surface area (Å²) < 4.78 is 13.4. The predicted octanol–water partition coefficient (Wildman–Crippen LogP) is 6.71. The molecule has 12 aromatic heterocycles. The van der Waals surface area contributed by atoms with E-state index in [1.54, 1.807) is 47.7 Å². The van der Waals surface area contributed by atoms with E-state index < -0.39 is 0 Å². The van der Waals surface area contributed by atoms with Crippen LogP contribution in [-0.2, 0) is 56.4 Å². The summed E-state index contributed by atoms with van der Waals surface area (Å²) in [5.41, 5.74) is 3.96. The minimum Gasteiger partial charge on any atom is -0.356 e. The minimum atomic E-state index is 0.949. The Labute approximate surface area is 392 Å². The van der Waals surface area contributed by atoms with Gasteiger partial charge in [0.1, 0.15) is 30.0 Å². The van der Waals surface area contributed by atoms with Gasteiger partial charge in [-0.05, 0) is 40.3 Å². The number of benzene rings is 1. The molecule has 0 unspecified atom stereocenters. The molecule has 1 aromatic carbocycles. The Balaban J connectivity index is 0.000000129. The Morgan fingerprint density at radius 2 is 0.897 bits per heavy atom. The molecule has 20 heteroatoms. The molecule has 0 saturated carbocycles. The zero-order chi connectivity index (χ0) is 48.1. The summed E-state index contributed by atoms with van der Waals surface area (Å²) in [5, 5.41) is 25.4. The maximum atomic E-state index is 4.18. The van der Waals surface area contributed by atoms with Gasteiger partial charge in [0.05, 0.1) is 18.1 Å². The van der Waals surface area contributed by atoms with Crippen LogP contribution in [0.15, 0.2) is 185 Å². The van der Waals surface area contributed by atoms with Crippen LogP contribution in [0.1, 0.15) is 0 Å². The van der Waals surface area contributed by atoms with Crippen molar-refractivity contribution < 1.29 is 0 Å². The van der Waals surface area contributed by atoms with Crippen molar-refractivity contribution in [2.45, 2.75) is 0 Å². The third-order valence-electron chi connectivity index (χ3n) is 9.27. The van der Waals surface area contributed by atoms with Crippen molar-refractivity contribution in [2.75, 3.05) is 0 Å². The Bertz CT molecular complexity index is 2750. The van der Waals surface area contributed by atoms with Crippen LogP contribution >= 0.6 is 0 Å². The van der Waals surface area contributed by atoms with Gasteiger partial charge in [0.15, 0.2) is 6.33 Å². The average Bonchev–Trinajstić information content (AvgIpc) is 4.19. The van der Waals surface area contributed by atoms with Gasteiger partial charge >= 0.3 is 0 Å². The lowest BCUT2D eigenvalue weighted by molar-refractivity contribution is 0.630. The minimum absolute atomic E-state index is 0.949. The monoisotopic (exact) mass is 910 g/mol. The van der Waals surface area contributed by atoms with Crippen molar-refractivity contribution in [3.8, 4) is 0 Å². The fourth-order valence-corrected chi connectivity index (χ4v) is 6.26. The number of aromatic nitrogens is 20. The van der Waals surface area contributed by atoms with Crippen molar-refractivity contribution in [3.05, 3.63) is 185 Å². The van der Waals surface area contributed by atoms with Gasteiger partial charge in [0.25, 0.3) is 0 Å². The average molecular weight is 911 g/mol. The summed E-state index contributed by atoms with van der Waals surface area (Å²) in [6.07, 6.45) is 40.7. The second-order valence-corrected chi connectivity index (χ2v) is 15.1. The number of fused-ring (bicyclic) bond motifs is 5. The quantitative estimate of drug-likeness (QED) is 0.156. The third-order valence-corrected chi connectivity index (χ3v) is 9.27. The summed E-state index contributed by atoms with van der Waals surface area (Å²) in [5.74, 6) is 0. The van der Waals surface area contributed by atoms with E-state index in [-0.39, 0.29) is 0 Å². The second kappa shape index (κ2) is 24.8. The van der Waals surface area contributed by atoms with Crippen molar-refractivity contribution in [2.24, 2.45) is 56.4 Å². The first kappa shape index (κ1) is 48.3. The highest BCUT2D eigenvalue weighted by Crippen LogP contribution is 2.14. The Morgan fingerprint density at radius 3 is 1.38 bits per heavy atom. The number of tetrazole rings is 1. The molecule has 346 valence electrons. The summed E-state index contributed by atoms with van der Waals surface area (Å²) in [6, 6.07) is 16.3. The van der Waals surface area contributed by atoms with E-state index in [4.69, 9.17) is 0 Å². The SMILES string of the molecule is Cn1cc2ccccc2c1.Cn1cc2cccnc2c1.Cn1cc2ccncc2c1.Cn1cc2cncnc2c1.Cn1cc2nccnc2c1.Cn1cccn1.Cn1cncn1.Cn1ncnn1. The molecule has 0 bridgehead atoms. The normalized spacial score (nSPS) is 10.1. The number of nitrogens with zero attached hydrogens (tertiary/aromatic N) is 20. The molecule has 0 saturated heterocycles. The Hall–Kier alpha value is -9.20. The summed E-state index contributed by atoms with van der Waals surface area (Å²) in [6.45, 7) is 0. The van der Waals surface area contributed by atoms with E-state index in [0.717, 1.165) is 27.5 Å². The maximum Gasteiger partial charge on any atom is 0.162 e. The molecule has 0 amide bonds. The number of hydrogen-bond acceptors (Lipinski definition) is 12. The highest BCUT2D eigenvalue weighted by atomic mass is 15.6. The van der Waals surface area contributed by atoms with E-state index in [1.807, 2.05) is 148 Å². The Morgan fingerprint density at radius 1 is 0.353 bits per heavy atom. The number of hydrogen-bond donors (Lipinski definition) is 0. The van der Waals surface area contributed by atoms with Crippen LogP contribution in [0.25, 0.3) is 54.4 Å². The molecule has 13 rings (SSSR count). The molecule has 0 aliphatic heterocycles. The fourth-order valence-electron chi connectivity index (χ4n) is 6.26. The third kappa shape index (κ3) is 15.5. The Kier molecular flexibility index (Phi) is 17.6. The summed E-state index contributed by atoms with van der Waals surface area (Å²) >= 11 is 0. The second-order valence-electron chi connectivity index (χ2n) is 15.1. The number of pyridine rings is 2. The lowest BCUT2D eigenvalue weighted by Gasteiger charge is -1.81. The van der Waals surface area contributed by atoms with Crippen LogP contribution in [-0.4, -0.2) is 97.5 Å². The molecule has 12 heterocycles. The van der Waals surface area contributed by atoms with Gasteiger partial charge in [-0.2, -0.15) is 15.0 Å². The predicted molar refractivity (Wildman–Crippen MR) is 264 cm³/mol. The van der Waals surface area contributed by atoms with Gasteiger partial charge in [-0.15, -0.1) is 10.2 Å². The van der Waals surface area contributed by atoms with Gasteiger partial charge in [0.2, 0.25) is 0 Å². The van der Waals surface area contributed by atoms with E-state index in [0.29, 0.717) is 0 Å². The highest BCUT2D eigenvalue weighted by molar-refractivity contribution is 5.82. The molecule has 0 aliphatic carbocycles. The van der Waals surface area contributed by atoms with Gasteiger partial charge < -0.3 is 22.8 Å². The smallest absolute Gasteiger partial charge is 0.162 e. The summed E-state index contributed by atoms with van der Waals surface area (Å²) in [4.78, 5) is 29.5. The van der Waals surface area contributed by atoms with Crippen molar-refractivity contribution in [3.63, 3.8) is 0 Å². The molecule has 0 atom stereocenters. The zero-order valence-corrected chi connectivity index (χ0v) is 39.3. The molecular formula is C48H54N20. The van der Waals surface area contributed by atoms with E-state index in [9.17, 15) is 0 Å². The van der Waals surface area contributed by atoms with Crippen LogP contribution in [0.4, 0.5) is 0 Å². The molecule has 0 spiro atoms. The van der Waals surface area contributed by atoms with Gasteiger partial charge in [-0.1, -0.05) is 24.3 Å². The van der Waals surface area contributed by atoms with Crippen molar-refractivity contribution in [1.29, 1.82) is 0 Å². The molecule has 0 radical (unpaired) electrons. The van der Waals surface area contributed by atoms with Gasteiger partial charge in [-0.25, -0.2) is 15.0 Å². The highest BCUT2D eigenvalue weighted by Gasteiger charge is 1.96. The summed E-state index contributed by atoms with van der Waals surface area (Å²) in [7, 11) is 15.4. The maximum absolute atomic E-state index is 4.18. The molecule has 20 nitrogen and oxygen atoms in total. The van der Waals surface area contributed by atoms with Gasteiger partial charge in [-0.3, -0.25) is 29.3 Å². The first-order valence-corrected chi connectivity index (χ1v) is 21.1. The zero-order valence-electron chi connectivity index (χ0n) is 39.3. The molecular weight excluding hydrogens is 857 g/mol. The van der Waals surface area contributed by atoms with Crippen LogP contribution in [0.3, 0.4) is 0 Å². The van der Waals surface area contributed by atoms with E-state index in [1.165, 1.54) is 44.4 Å². The first-order valence-electron chi connectivity index (χ1n) is 21.1. The van der Waals surface area contributed by atoms with Crippen LogP contribution < -0.4 is 0 Å². The van der Waals surface area contributed by atoms with Crippen LogP contribution in [0.5, 0.6) is 0 Å². The molecule has 0 aliphatic rings.